The molecule has 5 nitrogen and oxygen atoms in total. The number of Topliss-reactive ketones (excluding diaryl/α,β-unsaturated/α-hetero) is 1. The maximum absolute atomic E-state index is 12.4. The molecule has 1 amide bonds. The summed E-state index contributed by atoms with van der Waals surface area (Å²) in [5.41, 5.74) is 1.36. The van der Waals surface area contributed by atoms with Crippen LogP contribution in [0.2, 0.25) is 0 Å². The number of carbonyl (C=O) groups is 2. The Kier molecular flexibility index (Phi) is 5.32. The van der Waals surface area contributed by atoms with Gasteiger partial charge in [0.25, 0.3) is 5.91 Å². The fraction of sp³-hybridized carbons (Fsp3) is 0.529. The minimum Gasteiger partial charge on any atom is -0.364 e. The Bertz CT molecular complexity index is 531. The highest BCUT2D eigenvalue weighted by molar-refractivity contribution is 5.96. The van der Waals surface area contributed by atoms with E-state index in [1.54, 1.807) is 24.3 Å². The van der Waals surface area contributed by atoms with E-state index in [2.05, 4.69) is 5.32 Å². The Morgan fingerprint density at radius 2 is 1.73 bits per heavy atom. The smallest absolute Gasteiger partial charge is 0.282 e. The zero-order chi connectivity index (χ0) is 16.3. The van der Waals surface area contributed by atoms with Crippen LogP contribution in [0.5, 0.6) is 0 Å². The number of ether oxygens (including phenoxy) is 1. The quantitative estimate of drug-likeness (QED) is 0.813. The standard InChI is InChI=1S/C17H24N2O3/c1-11-9-19(10-12(2)22-11)13(3)17(21)18-16-7-5-15(6-8-16)14(4)20/h5-8,11-13H,9-10H2,1-4H3,(H,18,21)/p+1/t11-,12-,13-/m0/s1. The lowest BCUT2D eigenvalue weighted by molar-refractivity contribution is -0.928. The minimum atomic E-state index is -0.138. The number of carbonyl (C=O) groups excluding carboxylic acids is 2. The molecule has 0 aromatic heterocycles. The second-order valence-corrected chi connectivity index (χ2v) is 6.17. The van der Waals surface area contributed by atoms with Crippen molar-refractivity contribution in [3.8, 4) is 0 Å². The van der Waals surface area contributed by atoms with E-state index < -0.39 is 0 Å². The molecule has 0 radical (unpaired) electrons. The largest absolute Gasteiger partial charge is 0.364 e. The number of ketones is 1. The monoisotopic (exact) mass is 305 g/mol. The Morgan fingerprint density at radius 3 is 2.23 bits per heavy atom. The molecule has 22 heavy (non-hydrogen) atoms. The average molecular weight is 305 g/mol. The number of anilines is 1. The van der Waals surface area contributed by atoms with Crippen LogP contribution in [0.1, 0.15) is 38.1 Å². The third-order valence-electron chi connectivity index (χ3n) is 4.13. The second kappa shape index (κ2) is 7.03. The van der Waals surface area contributed by atoms with Crippen molar-refractivity contribution < 1.29 is 19.2 Å². The van der Waals surface area contributed by atoms with Crippen LogP contribution in [0.15, 0.2) is 24.3 Å². The van der Waals surface area contributed by atoms with Crippen LogP contribution in [0, 0.1) is 0 Å². The molecule has 0 saturated carbocycles. The summed E-state index contributed by atoms with van der Waals surface area (Å²) in [6, 6.07) is 6.85. The molecule has 0 unspecified atom stereocenters. The summed E-state index contributed by atoms with van der Waals surface area (Å²) >= 11 is 0. The van der Waals surface area contributed by atoms with Gasteiger partial charge in [0, 0.05) is 11.3 Å². The van der Waals surface area contributed by atoms with Crippen LogP contribution in [-0.2, 0) is 9.53 Å². The molecule has 2 N–H and O–H groups in total. The first-order valence-corrected chi connectivity index (χ1v) is 7.78. The van der Waals surface area contributed by atoms with E-state index in [1.165, 1.54) is 11.8 Å². The van der Waals surface area contributed by atoms with Gasteiger partial charge in [0.05, 0.1) is 0 Å². The summed E-state index contributed by atoms with van der Waals surface area (Å²) < 4.78 is 5.72. The SMILES string of the molecule is CC(=O)c1ccc(NC(=O)[C@H](C)[NH+]2C[C@H](C)O[C@@H](C)C2)cc1. The van der Waals surface area contributed by atoms with Gasteiger partial charge in [-0.2, -0.15) is 0 Å². The molecule has 3 atom stereocenters. The van der Waals surface area contributed by atoms with Crippen LogP contribution >= 0.6 is 0 Å². The summed E-state index contributed by atoms with van der Waals surface area (Å²) in [6.45, 7) is 9.23. The van der Waals surface area contributed by atoms with Crippen molar-refractivity contribution in [3.63, 3.8) is 0 Å². The number of quaternary nitrogens is 1. The summed E-state index contributed by atoms with van der Waals surface area (Å²) in [5, 5.41) is 2.92. The van der Waals surface area contributed by atoms with Gasteiger partial charge >= 0.3 is 0 Å². The van der Waals surface area contributed by atoms with E-state index in [-0.39, 0.29) is 29.9 Å². The maximum Gasteiger partial charge on any atom is 0.282 e. The first-order chi connectivity index (χ1) is 10.4. The summed E-state index contributed by atoms with van der Waals surface area (Å²) in [7, 11) is 0. The van der Waals surface area contributed by atoms with E-state index >= 15 is 0 Å². The molecule has 5 heteroatoms. The molecule has 1 aliphatic rings. The highest BCUT2D eigenvalue weighted by atomic mass is 16.5. The third-order valence-corrected chi connectivity index (χ3v) is 4.13. The van der Waals surface area contributed by atoms with Gasteiger partial charge < -0.3 is 15.0 Å². The summed E-state index contributed by atoms with van der Waals surface area (Å²) in [6.07, 6.45) is 0.340. The molecule has 1 heterocycles. The Balaban J connectivity index is 1.97. The number of hydrogen-bond acceptors (Lipinski definition) is 3. The number of benzene rings is 1. The highest BCUT2D eigenvalue weighted by Crippen LogP contribution is 2.10. The molecule has 1 aliphatic heterocycles. The predicted octanol–water partition coefficient (Wildman–Crippen LogP) is 0.908. The fourth-order valence-corrected chi connectivity index (χ4v) is 2.89. The van der Waals surface area contributed by atoms with Gasteiger partial charge in [-0.15, -0.1) is 0 Å². The molecule has 120 valence electrons. The van der Waals surface area contributed by atoms with Gasteiger partial charge in [-0.25, -0.2) is 0 Å². The van der Waals surface area contributed by atoms with Gasteiger partial charge in [0.2, 0.25) is 0 Å². The topological polar surface area (TPSA) is 59.8 Å². The van der Waals surface area contributed by atoms with Crippen molar-refractivity contribution in [1.82, 2.24) is 0 Å². The van der Waals surface area contributed by atoms with Crippen LogP contribution in [-0.4, -0.2) is 43.0 Å². The Morgan fingerprint density at radius 1 is 1.18 bits per heavy atom. The van der Waals surface area contributed by atoms with E-state index in [0.717, 1.165) is 18.8 Å². The second-order valence-electron chi connectivity index (χ2n) is 6.17. The molecule has 0 aliphatic carbocycles. The minimum absolute atomic E-state index is 0.00752. The van der Waals surface area contributed by atoms with Crippen molar-refractivity contribution in [2.75, 3.05) is 18.4 Å². The molecular weight excluding hydrogens is 280 g/mol. The lowest BCUT2D eigenvalue weighted by Crippen LogP contribution is -3.19. The lowest BCUT2D eigenvalue weighted by atomic mass is 10.1. The highest BCUT2D eigenvalue weighted by Gasteiger charge is 2.32. The summed E-state index contributed by atoms with van der Waals surface area (Å²) in [4.78, 5) is 24.9. The molecule has 1 aromatic carbocycles. The molecule has 0 bridgehead atoms. The van der Waals surface area contributed by atoms with Crippen LogP contribution in [0.4, 0.5) is 5.69 Å². The van der Waals surface area contributed by atoms with Crippen molar-refractivity contribution in [3.05, 3.63) is 29.8 Å². The summed E-state index contributed by atoms with van der Waals surface area (Å²) in [5.74, 6) is 0.0128. The Hall–Kier alpha value is -1.72. The maximum atomic E-state index is 12.4. The molecular formula is C17H25N2O3+. The number of hydrogen-bond donors (Lipinski definition) is 2. The molecule has 1 saturated heterocycles. The Labute approximate surface area is 131 Å². The predicted molar refractivity (Wildman–Crippen MR) is 85.2 cm³/mol. The number of nitrogens with one attached hydrogen (secondary N) is 2. The van der Waals surface area contributed by atoms with Crippen LogP contribution in [0.25, 0.3) is 0 Å². The van der Waals surface area contributed by atoms with E-state index in [9.17, 15) is 9.59 Å². The van der Waals surface area contributed by atoms with Gasteiger partial charge in [-0.05, 0) is 52.0 Å². The van der Waals surface area contributed by atoms with Gasteiger partial charge in [-0.3, -0.25) is 9.59 Å². The van der Waals surface area contributed by atoms with E-state index in [4.69, 9.17) is 4.74 Å². The molecule has 2 rings (SSSR count). The van der Waals surface area contributed by atoms with E-state index in [0.29, 0.717) is 5.56 Å². The number of rotatable bonds is 4. The molecule has 1 fully saturated rings. The van der Waals surface area contributed by atoms with Crippen molar-refractivity contribution in [1.29, 1.82) is 0 Å². The molecule has 1 aromatic rings. The van der Waals surface area contributed by atoms with Crippen molar-refractivity contribution in [2.24, 2.45) is 0 Å². The van der Waals surface area contributed by atoms with Crippen LogP contribution < -0.4 is 10.2 Å². The lowest BCUT2D eigenvalue weighted by Gasteiger charge is -2.35. The normalized spacial score (nSPS) is 26.3. The third kappa shape index (κ3) is 4.15. The number of morpholine rings is 1. The first kappa shape index (κ1) is 16.6. The zero-order valence-electron chi connectivity index (χ0n) is 13.7. The van der Waals surface area contributed by atoms with Crippen molar-refractivity contribution in [2.45, 2.75) is 45.9 Å². The average Bonchev–Trinajstić information content (AvgIpc) is 2.46. The molecule has 0 spiro atoms. The zero-order valence-corrected chi connectivity index (χ0v) is 13.7. The van der Waals surface area contributed by atoms with Gasteiger partial charge in [0.15, 0.2) is 11.8 Å². The van der Waals surface area contributed by atoms with E-state index in [1.807, 2.05) is 20.8 Å². The van der Waals surface area contributed by atoms with Gasteiger partial charge in [0.1, 0.15) is 25.3 Å². The first-order valence-electron chi connectivity index (χ1n) is 7.78. The number of amides is 1. The van der Waals surface area contributed by atoms with Crippen LogP contribution in [0.3, 0.4) is 0 Å². The fourth-order valence-electron chi connectivity index (χ4n) is 2.89. The van der Waals surface area contributed by atoms with Crippen molar-refractivity contribution >= 4 is 17.4 Å². The van der Waals surface area contributed by atoms with Gasteiger partial charge in [-0.1, -0.05) is 0 Å².